The molecule has 1 heterocycles. The van der Waals surface area contributed by atoms with E-state index in [0.29, 0.717) is 18.1 Å². The van der Waals surface area contributed by atoms with Crippen molar-refractivity contribution in [1.29, 1.82) is 0 Å². The highest BCUT2D eigenvalue weighted by Gasteiger charge is 1.98. The molecule has 0 amide bonds. The van der Waals surface area contributed by atoms with Crippen molar-refractivity contribution < 1.29 is 0 Å². The molecular formula is C12H12ClN3O. The molecule has 0 saturated carbocycles. The van der Waals surface area contributed by atoms with Gasteiger partial charge in [0.15, 0.2) is 0 Å². The lowest BCUT2D eigenvalue weighted by Gasteiger charge is -2.08. The van der Waals surface area contributed by atoms with Crippen LogP contribution in [0, 0.1) is 0 Å². The molecule has 0 atom stereocenters. The van der Waals surface area contributed by atoms with Crippen molar-refractivity contribution in [3.63, 3.8) is 0 Å². The van der Waals surface area contributed by atoms with Gasteiger partial charge in [0.2, 0.25) is 0 Å². The number of nitrogens with zero attached hydrogens (tertiary/aromatic N) is 2. The lowest BCUT2D eigenvalue weighted by molar-refractivity contribution is 0.597. The van der Waals surface area contributed by atoms with Crippen LogP contribution in [0.3, 0.4) is 0 Å². The summed E-state index contributed by atoms with van der Waals surface area (Å²) in [7, 11) is 0. The molecule has 5 heteroatoms. The Bertz CT molecular complexity index is 553. The zero-order valence-electron chi connectivity index (χ0n) is 9.14. The fourth-order valence-electron chi connectivity index (χ4n) is 1.46. The summed E-state index contributed by atoms with van der Waals surface area (Å²) in [5, 5.41) is 7.79. The lowest BCUT2D eigenvalue weighted by Crippen LogP contribution is -2.24. The largest absolute Gasteiger partial charge is 0.382 e. The third-order valence-corrected chi connectivity index (χ3v) is 2.63. The summed E-state index contributed by atoms with van der Waals surface area (Å²) >= 11 is 5.99. The average molecular weight is 250 g/mol. The standard InChI is InChI=1S/C12H12ClN3O/c13-10-4-1-2-5-11(10)14-8-9-16-12(17)6-3-7-15-16/h1-7,14H,8-9H2. The molecule has 88 valence electrons. The van der Waals surface area contributed by atoms with Gasteiger partial charge >= 0.3 is 0 Å². The number of anilines is 1. The summed E-state index contributed by atoms with van der Waals surface area (Å²) in [6.45, 7) is 1.10. The lowest BCUT2D eigenvalue weighted by atomic mass is 10.3. The molecule has 2 aromatic rings. The zero-order valence-corrected chi connectivity index (χ0v) is 9.89. The van der Waals surface area contributed by atoms with Crippen molar-refractivity contribution in [3.05, 3.63) is 58.0 Å². The second-order valence-corrected chi connectivity index (χ2v) is 3.90. The van der Waals surface area contributed by atoms with Crippen LogP contribution in [0.5, 0.6) is 0 Å². The van der Waals surface area contributed by atoms with Crippen LogP contribution in [0.2, 0.25) is 5.02 Å². The van der Waals surface area contributed by atoms with E-state index in [1.165, 1.54) is 10.7 Å². The highest BCUT2D eigenvalue weighted by molar-refractivity contribution is 6.33. The van der Waals surface area contributed by atoms with E-state index < -0.39 is 0 Å². The van der Waals surface area contributed by atoms with E-state index in [-0.39, 0.29) is 5.56 Å². The van der Waals surface area contributed by atoms with Gasteiger partial charge in [-0.05, 0) is 18.2 Å². The van der Waals surface area contributed by atoms with Crippen LogP contribution in [-0.4, -0.2) is 16.3 Å². The van der Waals surface area contributed by atoms with E-state index in [1.807, 2.05) is 24.3 Å². The van der Waals surface area contributed by atoms with Gasteiger partial charge in [0.1, 0.15) is 0 Å². The molecule has 0 aliphatic rings. The predicted octanol–water partition coefficient (Wildman–Crippen LogP) is 2.01. The van der Waals surface area contributed by atoms with E-state index in [4.69, 9.17) is 11.6 Å². The molecule has 1 N–H and O–H groups in total. The van der Waals surface area contributed by atoms with Crippen molar-refractivity contribution in [2.24, 2.45) is 0 Å². The average Bonchev–Trinajstić information content (AvgIpc) is 2.34. The van der Waals surface area contributed by atoms with E-state index in [9.17, 15) is 4.79 Å². The van der Waals surface area contributed by atoms with Gasteiger partial charge in [-0.3, -0.25) is 4.79 Å². The van der Waals surface area contributed by atoms with Crippen LogP contribution in [0.25, 0.3) is 0 Å². The van der Waals surface area contributed by atoms with E-state index in [2.05, 4.69) is 10.4 Å². The molecular weight excluding hydrogens is 238 g/mol. The van der Waals surface area contributed by atoms with Gasteiger partial charge < -0.3 is 5.32 Å². The number of nitrogens with one attached hydrogen (secondary N) is 1. The summed E-state index contributed by atoms with van der Waals surface area (Å²) in [6, 6.07) is 10.6. The summed E-state index contributed by atoms with van der Waals surface area (Å²) < 4.78 is 1.41. The molecule has 0 fully saturated rings. The second-order valence-electron chi connectivity index (χ2n) is 3.49. The number of hydrogen-bond donors (Lipinski definition) is 1. The first-order valence-electron chi connectivity index (χ1n) is 5.28. The van der Waals surface area contributed by atoms with E-state index in [0.717, 1.165) is 5.69 Å². The minimum Gasteiger partial charge on any atom is -0.382 e. The van der Waals surface area contributed by atoms with Crippen LogP contribution in [0.1, 0.15) is 0 Å². The minimum atomic E-state index is -0.103. The molecule has 0 spiro atoms. The quantitative estimate of drug-likeness (QED) is 0.902. The minimum absolute atomic E-state index is 0.103. The molecule has 0 saturated heterocycles. The Hall–Kier alpha value is -1.81. The normalized spacial score (nSPS) is 10.2. The van der Waals surface area contributed by atoms with Crippen molar-refractivity contribution >= 4 is 17.3 Å². The number of benzene rings is 1. The third-order valence-electron chi connectivity index (χ3n) is 2.30. The monoisotopic (exact) mass is 249 g/mol. The van der Waals surface area contributed by atoms with Gasteiger partial charge in [0.05, 0.1) is 17.3 Å². The fourth-order valence-corrected chi connectivity index (χ4v) is 1.66. The zero-order chi connectivity index (χ0) is 12.1. The smallest absolute Gasteiger partial charge is 0.266 e. The van der Waals surface area contributed by atoms with E-state index in [1.54, 1.807) is 12.3 Å². The molecule has 2 rings (SSSR count). The Labute approximate surface area is 104 Å². The Morgan fingerprint density at radius 1 is 1.24 bits per heavy atom. The summed E-state index contributed by atoms with van der Waals surface area (Å²) in [4.78, 5) is 11.4. The number of halogens is 1. The third kappa shape index (κ3) is 3.07. The first-order chi connectivity index (χ1) is 8.27. The van der Waals surface area contributed by atoms with Crippen LogP contribution >= 0.6 is 11.6 Å². The number of hydrogen-bond acceptors (Lipinski definition) is 3. The molecule has 0 aliphatic carbocycles. The summed E-state index contributed by atoms with van der Waals surface area (Å²) in [6.07, 6.45) is 1.59. The number of aromatic nitrogens is 2. The SMILES string of the molecule is O=c1cccnn1CCNc1ccccc1Cl. The van der Waals surface area contributed by atoms with Gasteiger partial charge in [-0.2, -0.15) is 5.10 Å². The maximum atomic E-state index is 11.4. The Balaban J connectivity index is 1.95. The first kappa shape index (κ1) is 11.7. The second kappa shape index (κ2) is 5.50. The molecule has 1 aromatic carbocycles. The Kier molecular flexibility index (Phi) is 3.77. The van der Waals surface area contributed by atoms with Crippen LogP contribution in [0.15, 0.2) is 47.4 Å². The van der Waals surface area contributed by atoms with Gasteiger partial charge in [-0.1, -0.05) is 23.7 Å². The fraction of sp³-hybridized carbons (Fsp3) is 0.167. The highest BCUT2D eigenvalue weighted by atomic mass is 35.5. The molecule has 0 bridgehead atoms. The Morgan fingerprint density at radius 3 is 2.82 bits per heavy atom. The van der Waals surface area contributed by atoms with Gasteiger partial charge in [-0.15, -0.1) is 0 Å². The van der Waals surface area contributed by atoms with Crippen molar-refractivity contribution in [3.8, 4) is 0 Å². The van der Waals surface area contributed by atoms with E-state index >= 15 is 0 Å². The predicted molar refractivity (Wildman–Crippen MR) is 68.4 cm³/mol. The molecule has 1 aromatic heterocycles. The van der Waals surface area contributed by atoms with Gasteiger partial charge in [0, 0.05) is 18.8 Å². The van der Waals surface area contributed by atoms with Gasteiger partial charge in [0.25, 0.3) is 5.56 Å². The molecule has 17 heavy (non-hydrogen) atoms. The van der Waals surface area contributed by atoms with Crippen LogP contribution < -0.4 is 10.9 Å². The summed E-state index contributed by atoms with van der Waals surface area (Å²) in [5.41, 5.74) is 0.756. The maximum Gasteiger partial charge on any atom is 0.266 e. The molecule has 0 radical (unpaired) electrons. The molecule has 4 nitrogen and oxygen atoms in total. The van der Waals surface area contributed by atoms with Crippen molar-refractivity contribution in [2.75, 3.05) is 11.9 Å². The summed E-state index contributed by atoms with van der Waals surface area (Å²) in [5.74, 6) is 0. The van der Waals surface area contributed by atoms with Crippen LogP contribution in [-0.2, 0) is 6.54 Å². The van der Waals surface area contributed by atoms with Gasteiger partial charge in [-0.25, -0.2) is 4.68 Å². The maximum absolute atomic E-state index is 11.4. The molecule has 0 aliphatic heterocycles. The topological polar surface area (TPSA) is 46.9 Å². The number of rotatable bonds is 4. The van der Waals surface area contributed by atoms with Crippen molar-refractivity contribution in [2.45, 2.75) is 6.54 Å². The number of para-hydroxylation sites is 1. The van der Waals surface area contributed by atoms with Crippen LogP contribution in [0.4, 0.5) is 5.69 Å². The molecule has 0 unspecified atom stereocenters. The van der Waals surface area contributed by atoms with Crippen molar-refractivity contribution in [1.82, 2.24) is 9.78 Å². The first-order valence-corrected chi connectivity index (χ1v) is 5.66. The Morgan fingerprint density at radius 2 is 2.06 bits per heavy atom. The highest BCUT2D eigenvalue weighted by Crippen LogP contribution is 2.19.